The summed E-state index contributed by atoms with van der Waals surface area (Å²) < 4.78 is 11.1. The number of methoxy groups -OCH3 is 1. The Hall–Kier alpha value is -0.930. The van der Waals surface area contributed by atoms with Crippen LogP contribution < -0.4 is 21.3 Å². The number of alkyl carbamates (subject to hydrolysis) is 1. The van der Waals surface area contributed by atoms with Crippen LogP contribution in [0.5, 0.6) is 0 Å². The van der Waals surface area contributed by atoms with E-state index in [4.69, 9.17) is 9.47 Å². The summed E-state index contributed by atoms with van der Waals surface area (Å²) in [6.07, 6.45) is 9.36. The molecule has 3 aliphatic rings. The SMILES string of the molecule is CCN(C)CCNC(=O)OC1CCC(NC2NCC(C3CCC(OC)CC3)CN2)CC1. The van der Waals surface area contributed by atoms with Crippen molar-refractivity contribution < 1.29 is 14.3 Å². The summed E-state index contributed by atoms with van der Waals surface area (Å²) in [5.74, 6) is 1.53. The molecule has 1 saturated heterocycles. The highest BCUT2D eigenvalue weighted by Gasteiger charge is 2.32. The number of hydrogen-bond donors (Lipinski definition) is 4. The van der Waals surface area contributed by atoms with Crippen LogP contribution in [-0.4, -0.2) is 82.4 Å². The summed E-state index contributed by atoms with van der Waals surface area (Å²) in [4.78, 5) is 14.1. The Bertz CT molecular complexity index is 513. The van der Waals surface area contributed by atoms with E-state index >= 15 is 0 Å². The second-order valence-corrected chi connectivity index (χ2v) is 9.65. The molecule has 1 amide bonds. The maximum Gasteiger partial charge on any atom is 0.407 e. The van der Waals surface area contributed by atoms with Crippen molar-refractivity contribution in [2.75, 3.05) is 46.9 Å². The van der Waals surface area contributed by atoms with Gasteiger partial charge < -0.3 is 19.7 Å². The summed E-state index contributed by atoms with van der Waals surface area (Å²) in [5.41, 5.74) is 0. The molecule has 0 spiro atoms. The first kappa shape index (κ1) is 24.7. The van der Waals surface area contributed by atoms with Crippen LogP contribution in [0, 0.1) is 11.8 Å². The summed E-state index contributed by atoms with van der Waals surface area (Å²) in [6.45, 7) is 6.73. The van der Waals surface area contributed by atoms with E-state index in [1.165, 1.54) is 25.7 Å². The number of rotatable bonds is 9. The molecule has 1 aliphatic heterocycles. The van der Waals surface area contributed by atoms with E-state index < -0.39 is 0 Å². The molecule has 1 heterocycles. The quantitative estimate of drug-likeness (QED) is 0.436. The molecule has 0 radical (unpaired) electrons. The number of nitrogens with zero attached hydrogens (tertiary/aromatic N) is 1. The van der Waals surface area contributed by atoms with Crippen LogP contribution >= 0.6 is 0 Å². The van der Waals surface area contributed by atoms with E-state index in [9.17, 15) is 4.79 Å². The molecule has 0 aromatic heterocycles. The Balaban J connectivity index is 1.26. The second kappa shape index (κ2) is 12.9. The third-order valence-corrected chi connectivity index (χ3v) is 7.54. The lowest BCUT2D eigenvalue weighted by Crippen LogP contribution is -2.63. The molecule has 3 fully saturated rings. The number of carbonyl (C=O) groups excluding carboxylic acids is 1. The van der Waals surface area contributed by atoms with E-state index in [1.54, 1.807) is 0 Å². The molecule has 2 aliphatic carbocycles. The maximum atomic E-state index is 12.0. The first-order chi connectivity index (χ1) is 15.1. The monoisotopic (exact) mass is 439 g/mol. The smallest absolute Gasteiger partial charge is 0.407 e. The molecule has 0 unspecified atom stereocenters. The number of carbonyl (C=O) groups is 1. The molecule has 0 aromatic rings. The fourth-order valence-corrected chi connectivity index (χ4v) is 5.21. The normalized spacial score (nSPS) is 34.5. The van der Waals surface area contributed by atoms with Gasteiger partial charge in [-0.3, -0.25) is 16.0 Å². The highest BCUT2D eigenvalue weighted by molar-refractivity contribution is 5.67. The molecule has 0 aromatic carbocycles. The first-order valence-corrected chi connectivity index (χ1v) is 12.5. The van der Waals surface area contributed by atoms with Gasteiger partial charge in [-0.15, -0.1) is 0 Å². The van der Waals surface area contributed by atoms with Crippen LogP contribution in [0.3, 0.4) is 0 Å². The summed E-state index contributed by atoms with van der Waals surface area (Å²) in [6, 6.07) is 0.472. The van der Waals surface area contributed by atoms with E-state index in [0.717, 1.165) is 63.7 Å². The summed E-state index contributed by atoms with van der Waals surface area (Å²) in [5, 5.41) is 13.9. The molecule has 0 atom stereocenters. The predicted octanol–water partition coefficient (Wildman–Crippen LogP) is 1.86. The highest BCUT2D eigenvalue weighted by Crippen LogP contribution is 2.31. The van der Waals surface area contributed by atoms with E-state index in [-0.39, 0.29) is 18.5 Å². The Morgan fingerprint density at radius 2 is 1.61 bits per heavy atom. The molecular formula is C23H45N5O3. The van der Waals surface area contributed by atoms with Crippen LogP contribution in [0.15, 0.2) is 0 Å². The fourth-order valence-electron chi connectivity index (χ4n) is 5.21. The number of ether oxygens (including phenoxy) is 2. The first-order valence-electron chi connectivity index (χ1n) is 12.5. The third-order valence-electron chi connectivity index (χ3n) is 7.54. The average molecular weight is 440 g/mol. The van der Waals surface area contributed by atoms with Gasteiger partial charge in [-0.2, -0.15) is 0 Å². The third kappa shape index (κ3) is 8.17. The van der Waals surface area contributed by atoms with Crippen molar-refractivity contribution in [3.63, 3.8) is 0 Å². The molecule has 3 rings (SSSR count). The van der Waals surface area contributed by atoms with Crippen molar-refractivity contribution in [1.82, 2.24) is 26.2 Å². The summed E-state index contributed by atoms with van der Waals surface area (Å²) in [7, 11) is 3.89. The molecular weight excluding hydrogens is 394 g/mol. The van der Waals surface area contributed by atoms with Crippen molar-refractivity contribution in [1.29, 1.82) is 0 Å². The molecule has 8 heteroatoms. The highest BCUT2D eigenvalue weighted by atomic mass is 16.6. The molecule has 180 valence electrons. The average Bonchev–Trinajstić information content (AvgIpc) is 2.81. The Morgan fingerprint density at radius 1 is 0.968 bits per heavy atom. The van der Waals surface area contributed by atoms with Crippen molar-refractivity contribution in [2.24, 2.45) is 11.8 Å². The topological polar surface area (TPSA) is 86.9 Å². The van der Waals surface area contributed by atoms with Gasteiger partial charge >= 0.3 is 6.09 Å². The van der Waals surface area contributed by atoms with Gasteiger partial charge in [0.25, 0.3) is 0 Å². The zero-order valence-electron chi connectivity index (χ0n) is 19.8. The molecule has 31 heavy (non-hydrogen) atoms. The maximum absolute atomic E-state index is 12.0. The van der Waals surface area contributed by atoms with Crippen molar-refractivity contribution >= 4 is 6.09 Å². The van der Waals surface area contributed by atoms with Crippen molar-refractivity contribution in [3.8, 4) is 0 Å². The number of likely N-dealkylation sites (N-methyl/N-ethyl adjacent to an activating group) is 1. The number of amides is 1. The lowest BCUT2D eigenvalue weighted by atomic mass is 9.78. The van der Waals surface area contributed by atoms with Gasteiger partial charge in [-0.25, -0.2) is 4.79 Å². The van der Waals surface area contributed by atoms with Crippen LogP contribution in [0.4, 0.5) is 4.79 Å². The molecule has 8 nitrogen and oxygen atoms in total. The minimum absolute atomic E-state index is 0.0424. The summed E-state index contributed by atoms with van der Waals surface area (Å²) >= 11 is 0. The van der Waals surface area contributed by atoms with Gasteiger partial charge in [0.15, 0.2) is 0 Å². The van der Waals surface area contributed by atoms with Gasteiger partial charge in [-0.1, -0.05) is 6.92 Å². The zero-order chi connectivity index (χ0) is 22.1. The van der Waals surface area contributed by atoms with Crippen LogP contribution in [-0.2, 0) is 9.47 Å². The largest absolute Gasteiger partial charge is 0.446 e. The fraction of sp³-hybridized carbons (Fsp3) is 0.957. The van der Waals surface area contributed by atoms with E-state index in [0.29, 0.717) is 18.7 Å². The lowest BCUT2D eigenvalue weighted by molar-refractivity contribution is 0.0405. The number of nitrogens with one attached hydrogen (secondary N) is 4. The van der Waals surface area contributed by atoms with Crippen LogP contribution in [0.2, 0.25) is 0 Å². The van der Waals surface area contributed by atoms with Gasteiger partial charge in [0, 0.05) is 39.3 Å². The van der Waals surface area contributed by atoms with Gasteiger partial charge in [0.05, 0.1) is 6.10 Å². The minimum atomic E-state index is -0.276. The lowest BCUT2D eigenvalue weighted by Gasteiger charge is -2.40. The van der Waals surface area contributed by atoms with Crippen molar-refractivity contribution in [3.05, 3.63) is 0 Å². The Kier molecular flexibility index (Phi) is 10.3. The van der Waals surface area contributed by atoms with E-state index in [1.807, 2.05) is 14.2 Å². The van der Waals surface area contributed by atoms with Crippen LogP contribution in [0.1, 0.15) is 58.3 Å². The number of hydrogen-bond acceptors (Lipinski definition) is 7. The zero-order valence-corrected chi connectivity index (χ0v) is 19.8. The predicted molar refractivity (Wildman–Crippen MR) is 123 cm³/mol. The van der Waals surface area contributed by atoms with Crippen LogP contribution in [0.25, 0.3) is 0 Å². The van der Waals surface area contributed by atoms with Crippen molar-refractivity contribution in [2.45, 2.75) is 82.8 Å². The Morgan fingerprint density at radius 3 is 2.23 bits per heavy atom. The molecule has 2 saturated carbocycles. The molecule has 4 N–H and O–H groups in total. The van der Waals surface area contributed by atoms with Gasteiger partial charge in [-0.05, 0) is 76.8 Å². The van der Waals surface area contributed by atoms with E-state index in [2.05, 4.69) is 33.1 Å². The second-order valence-electron chi connectivity index (χ2n) is 9.65. The minimum Gasteiger partial charge on any atom is -0.446 e. The van der Waals surface area contributed by atoms with Gasteiger partial charge in [0.1, 0.15) is 12.4 Å². The Labute approximate surface area is 188 Å². The standard InChI is InChI=1S/C23H45N5O3/c1-4-28(2)14-13-24-23(29)31-21-11-7-19(8-12-21)27-22-25-15-18(16-26-22)17-5-9-20(30-3)10-6-17/h17-22,25-27H,4-16H2,1-3H3,(H,24,29). The van der Waals surface area contributed by atoms with Gasteiger partial charge in [0.2, 0.25) is 0 Å². The molecule has 0 bridgehead atoms.